The lowest BCUT2D eigenvalue weighted by atomic mass is 10.1. The molecule has 0 aliphatic rings. The van der Waals surface area contributed by atoms with Crippen LogP contribution in [0.3, 0.4) is 0 Å². The van der Waals surface area contributed by atoms with Gasteiger partial charge in [-0.3, -0.25) is 0 Å². The molecule has 1 rings (SSSR count). The van der Waals surface area contributed by atoms with Crippen molar-refractivity contribution in [3.63, 3.8) is 0 Å². The van der Waals surface area contributed by atoms with Crippen LogP contribution in [0, 0.1) is 16.2 Å². The number of rotatable bonds is 2. The van der Waals surface area contributed by atoms with E-state index in [1.54, 1.807) is 24.3 Å². The predicted molar refractivity (Wildman–Crippen MR) is 40.7 cm³/mol. The van der Waals surface area contributed by atoms with Crippen LogP contribution in [-0.2, 0) is 6.54 Å². The Labute approximate surface area is 64.2 Å². The molecule has 0 saturated carbocycles. The Morgan fingerprint density at radius 1 is 1.36 bits per heavy atom. The van der Waals surface area contributed by atoms with Crippen LogP contribution in [0.4, 0.5) is 0 Å². The van der Waals surface area contributed by atoms with Crippen LogP contribution >= 0.6 is 0 Å². The number of nitriles is 1. The van der Waals surface area contributed by atoms with Gasteiger partial charge in [0.25, 0.3) is 0 Å². The molecular formula is C8H6N2O. The van der Waals surface area contributed by atoms with E-state index in [4.69, 9.17) is 5.26 Å². The standard InChI is InChI=1S/C8H6N2O/c9-5-7-1-3-8(4-2-7)6-10-11/h1-4H,6H2. The molecule has 3 nitrogen and oxygen atoms in total. The van der Waals surface area contributed by atoms with Gasteiger partial charge in [-0.1, -0.05) is 17.3 Å². The molecule has 0 atom stereocenters. The maximum absolute atomic E-state index is 9.81. The van der Waals surface area contributed by atoms with Gasteiger partial charge < -0.3 is 0 Å². The minimum Gasteiger partial charge on any atom is -0.192 e. The Hall–Kier alpha value is -1.69. The Balaban J connectivity index is 2.84. The zero-order valence-electron chi connectivity index (χ0n) is 5.82. The van der Waals surface area contributed by atoms with Crippen molar-refractivity contribution in [2.24, 2.45) is 5.18 Å². The summed E-state index contributed by atoms with van der Waals surface area (Å²) < 4.78 is 0. The van der Waals surface area contributed by atoms with Gasteiger partial charge in [0.2, 0.25) is 0 Å². The number of nitrogens with zero attached hydrogens (tertiary/aromatic N) is 2. The molecule has 0 heterocycles. The molecule has 0 aliphatic heterocycles. The average molecular weight is 146 g/mol. The lowest BCUT2D eigenvalue weighted by Gasteiger charge is -1.91. The lowest BCUT2D eigenvalue weighted by molar-refractivity contribution is 1.05. The molecule has 3 heteroatoms. The summed E-state index contributed by atoms with van der Waals surface area (Å²) in [5.41, 5.74) is 1.43. The minimum absolute atomic E-state index is 0.172. The fourth-order valence-electron chi connectivity index (χ4n) is 0.759. The van der Waals surface area contributed by atoms with Crippen LogP contribution in [0.25, 0.3) is 0 Å². The highest BCUT2D eigenvalue weighted by Gasteiger charge is 1.91. The fourth-order valence-corrected chi connectivity index (χ4v) is 0.759. The normalized spacial score (nSPS) is 8.64. The van der Waals surface area contributed by atoms with Gasteiger partial charge in [0, 0.05) is 0 Å². The third-order valence-electron chi connectivity index (χ3n) is 1.33. The molecule has 0 N–H and O–H groups in total. The van der Waals surface area contributed by atoms with E-state index in [0.29, 0.717) is 5.56 Å². The molecule has 0 radical (unpaired) electrons. The van der Waals surface area contributed by atoms with E-state index in [9.17, 15) is 4.91 Å². The van der Waals surface area contributed by atoms with Crippen LogP contribution in [0.2, 0.25) is 0 Å². The van der Waals surface area contributed by atoms with Crippen molar-refractivity contribution in [2.45, 2.75) is 6.54 Å². The first-order chi connectivity index (χ1) is 5.36. The van der Waals surface area contributed by atoms with E-state index in [2.05, 4.69) is 5.18 Å². The average Bonchev–Trinajstić information content (AvgIpc) is 2.07. The molecule has 0 amide bonds. The second-order valence-electron chi connectivity index (χ2n) is 2.10. The highest BCUT2D eigenvalue weighted by molar-refractivity contribution is 5.31. The Bertz CT molecular complexity index is 284. The molecule has 0 bridgehead atoms. The molecular weight excluding hydrogens is 140 g/mol. The van der Waals surface area contributed by atoms with Crippen LogP contribution < -0.4 is 0 Å². The van der Waals surface area contributed by atoms with Crippen LogP contribution in [0.5, 0.6) is 0 Å². The summed E-state index contributed by atoms with van der Waals surface area (Å²) in [7, 11) is 0. The molecule has 0 fully saturated rings. The highest BCUT2D eigenvalue weighted by atomic mass is 16.3. The number of benzene rings is 1. The van der Waals surface area contributed by atoms with E-state index in [-0.39, 0.29) is 6.54 Å². The zero-order chi connectivity index (χ0) is 8.10. The largest absolute Gasteiger partial charge is 0.192 e. The smallest absolute Gasteiger partial charge is 0.106 e. The SMILES string of the molecule is N#Cc1ccc(CN=O)cc1. The number of nitroso groups, excluding NO2 is 1. The topological polar surface area (TPSA) is 53.2 Å². The molecule has 0 spiro atoms. The third kappa shape index (κ3) is 1.87. The van der Waals surface area contributed by atoms with Gasteiger partial charge in [-0.15, -0.1) is 0 Å². The molecule has 0 unspecified atom stereocenters. The lowest BCUT2D eigenvalue weighted by Crippen LogP contribution is -1.80. The number of hydrogen-bond donors (Lipinski definition) is 0. The second-order valence-corrected chi connectivity index (χ2v) is 2.10. The summed E-state index contributed by atoms with van der Waals surface area (Å²) in [6.07, 6.45) is 0. The maximum atomic E-state index is 9.81. The first-order valence-corrected chi connectivity index (χ1v) is 3.15. The van der Waals surface area contributed by atoms with Crippen LogP contribution in [0.1, 0.15) is 11.1 Å². The number of hydrogen-bond acceptors (Lipinski definition) is 3. The van der Waals surface area contributed by atoms with Gasteiger partial charge in [-0.05, 0) is 17.7 Å². The van der Waals surface area contributed by atoms with Crippen LogP contribution in [-0.4, -0.2) is 0 Å². The quantitative estimate of drug-likeness (QED) is 0.597. The van der Waals surface area contributed by atoms with E-state index in [1.165, 1.54) is 0 Å². The van der Waals surface area contributed by atoms with Crippen molar-refractivity contribution in [3.8, 4) is 6.07 Å². The summed E-state index contributed by atoms with van der Waals surface area (Å²) in [4.78, 5) is 9.81. The summed E-state index contributed by atoms with van der Waals surface area (Å²) in [5, 5.41) is 11.2. The van der Waals surface area contributed by atoms with E-state index >= 15 is 0 Å². The minimum atomic E-state index is 0.172. The molecule has 0 saturated heterocycles. The molecule has 1 aromatic rings. The van der Waals surface area contributed by atoms with E-state index < -0.39 is 0 Å². The molecule has 1 aromatic carbocycles. The summed E-state index contributed by atoms with van der Waals surface area (Å²) in [5.74, 6) is 0. The first-order valence-electron chi connectivity index (χ1n) is 3.15. The highest BCUT2D eigenvalue weighted by Crippen LogP contribution is 2.03. The van der Waals surface area contributed by atoms with Crippen molar-refractivity contribution < 1.29 is 0 Å². The van der Waals surface area contributed by atoms with Crippen LogP contribution in [0.15, 0.2) is 29.4 Å². The molecule has 0 aromatic heterocycles. The molecule has 11 heavy (non-hydrogen) atoms. The summed E-state index contributed by atoms with van der Waals surface area (Å²) in [6.45, 7) is 0.172. The van der Waals surface area contributed by atoms with Gasteiger partial charge in [0.05, 0.1) is 11.6 Å². The summed E-state index contributed by atoms with van der Waals surface area (Å²) >= 11 is 0. The van der Waals surface area contributed by atoms with E-state index in [0.717, 1.165) is 5.56 Å². The van der Waals surface area contributed by atoms with Gasteiger partial charge in [0.1, 0.15) is 6.54 Å². The second kappa shape index (κ2) is 3.47. The summed E-state index contributed by atoms with van der Waals surface area (Å²) in [6, 6.07) is 8.77. The predicted octanol–water partition coefficient (Wildman–Crippen LogP) is 1.82. The molecule has 54 valence electrons. The van der Waals surface area contributed by atoms with Gasteiger partial charge in [0.15, 0.2) is 0 Å². The Morgan fingerprint density at radius 3 is 2.45 bits per heavy atom. The first kappa shape index (κ1) is 7.42. The van der Waals surface area contributed by atoms with Crippen molar-refractivity contribution in [2.75, 3.05) is 0 Å². The van der Waals surface area contributed by atoms with Gasteiger partial charge >= 0.3 is 0 Å². The van der Waals surface area contributed by atoms with E-state index in [1.807, 2.05) is 6.07 Å². The molecule has 0 aliphatic carbocycles. The van der Waals surface area contributed by atoms with Gasteiger partial charge in [-0.25, -0.2) is 0 Å². The zero-order valence-corrected chi connectivity index (χ0v) is 5.82. The van der Waals surface area contributed by atoms with Crippen molar-refractivity contribution in [1.82, 2.24) is 0 Å². The Morgan fingerprint density at radius 2 is 2.00 bits per heavy atom. The Kier molecular flexibility index (Phi) is 2.34. The van der Waals surface area contributed by atoms with Gasteiger partial charge in [-0.2, -0.15) is 10.2 Å². The monoisotopic (exact) mass is 146 g/mol. The third-order valence-corrected chi connectivity index (χ3v) is 1.33. The fraction of sp³-hybridized carbons (Fsp3) is 0.125. The maximum Gasteiger partial charge on any atom is 0.106 e. The van der Waals surface area contributed by atoms with Crippen molar-refractivity contribution >= 4 is 0 Å². The van der Waals surface area contributed by atoms with Crippen molar-refractivity contribution in [1.29, 1.82) is 5.26 Å². The van der Waals surface area contributed by atoms with Crippen molar-refractivity contribution in [3.05, 3.63) is 40.3 Å².